The summed E-state index contributed by atoms with van der Waals surface area (Å²) < 4.78 is 7.39. The summed E-state index contributed by atoms with van der Waals surface area (Å²) in [5, 5.41) is 4.50. The Morgan fingerprint density at radius 2 is 2.08 bits per heavy atom. The van der Waals surface area contributed by atoms with Crippen LogP contribution >= 0.6 is 0 Å². The van der Waals surface area contributed by atoms with Crippen LogP contribution in [0.2, 0.25) is 0 Å². The maximum Gasteiger partial charge on any atom is 0.258 e. The van der Waals surface area contributed by atoms with E-state index in [-0.39, 0.29) is 5.91 Å². The smallest absolute Gasteiger partial charge is 0.258 e. The van der Waals surface area contributed by atoms with Crippen LogP contribution in [0.1, 0.15) is 47.8 Å². The van der Waals surface area contributed by atoms with Gasteiger partial charge in [0.05, 0.1) is 17.9 Å². The van der Waals surface area contributed by atoms with E-state index in [0.717, 1.165) is 44.7 Å². The van der Waals surface area contributed by atoms with Crippen molar-refractivity contribution in [3.63, 3.8) is 0 Å². The quantitative estimate of drug-likeness (QED) is 0.850. The third-order valence-corrected chi connectivity index (χ3v) is 5.36. The minimum absolute atomic E-state index is 0.0626. The molecule has 1 unspecified atom stereocenters. The summed E-state index contributed by atoms with van der Waals surface area (Å²) in [7, 11) is 3.50. The largest absolute Gasteiger partial charge is 0.381 e. The van der Waals surface area contributed by atoms with Crippen molar-refractivity contribution in [3.8, 4) is 0 Å². The van der Waals surface area contributed by atoms with Crippen LogP contribution in [0.4, 0.5) is 0 Å². The zero-order chi connectivity index (χ0) is 17.4. The molecular formula is C18H25N5O2. The molecule has 4 rings (SSSR count). The van der Waals surface area contributed by atoms with Crippen LogP contribution in [-0.2, 0) is 4.74 Å². The predicted octanol–water partition coefficient (Wildman–Crippen LogP) is 1.75. The topological polar surface area (TPSA) is 63.0 Å². The Balaban J connectivity index is 1.70. The van der Waals surface area contributed by atoms with Crippen LogP contribution in [0.15, 0.2) is 18.5 Å². The van der Waals surface area contributed by atoms with Gasteiger partial charge in [0.15, 0.2) is 5.65 Å². The van der Waals surface area contributed by atoms with Gasteiger partial charge in [0.25, 0.3) is 5.91 Å². The molecule has 1 amide bonds. The fraction of sp³-hybridized carbons (Fsp3) is 0.611. The van der Waals surface area contributed by atoms with Crippen molar-refractivity contribution in [2.45, 2.75) is 37.8 Å². The van der Waals surface area contributed by atoms with E-state index in [9.17, 15) is 4.79 Å². The van der Waals surface area contributed by atoms with Gasteiger partial charge in [-0.1, -0.05) is 0 Å². The number of likely N-dealkylation sites (tertiary alicyclic amines) is 1. The van der Waals surface area contributed by atoms with Gasteiger partial charge in [-0.05, 0) is 38.3 Å². The number of ether oxygens (including phenoxy) is 1. The van der Waals surface area contributed by atoms with E-state index < -0.39 is 0 Å². The van der Waals surface area contributed by atoms with Crippen molar-refractivity contribution in [2.75, 3.05) is 33.9 Å². The molecule has 7 heteroatoms. The van der Waals surface area contributed by atoms with Crippen molar-refractivity contribution < 1.29 is 9.53 Å². The lowest BCUT2D eigenvalue weighted by atomic mass is 10.0. The van der Waals surface area contributed by atoms with E-state index in [1.807, 2.05) is 10.6 Å². The maximum atomic E-state index is 12.4. The second-order valence-electron chi connectivity index (χ2n) is 7.10. The molecule has 2 saturated heterocycles. The maximum absolute atomic E-state index is 12.4. The van der Waals surface area contributed by atoms with E-state index in [1.165, 1.54) is 6.42 Å². The van der Waals surface area contributed by atoms with Crippen molar-refractivity contribution in [2.24, 2.45) is 0 Å². The summed E-state index contributed by atoms with van der Waals surface area (Å²) in [4.78, 5) is 21.0. The minimum atomic E-state index is -0.0626. The van der Waals surface area contributed by atoms with Gasteiger partial charge >= 0.3 is 0 Å². The highest BCUT2D eigenvalue weighted by atomic mass is 16.5. The van der Waals surface area contributed by atoms with E-state index in [1.54, 1.807) is 31.4 Å². The van der Waals surface area contributed by atoms with Crippen LogP contribution in [-0.4, -0.2) is 70.2 Å². The molecule has 2 aliphatic heterocycles. The second kappa shape index (κ2) is 6.72. The van der Waals surface area contributed by atoms with Crippen LogP contribution in [0.3, 0.4) is 0 Å². The molecule has 134 valence electrons. The molecule has 0 radical (unpaired) electrons. The standard InChI is InChI=1S/C18H25N5O2/c1-21(2)18(24)14-12-20-23-16(5-8-19-17(14)23)15-4-3-9-22(15)13-6-10-25-11-7-13/h5,8,12-13,15H,3-4,6-7,9-11H2,1-2H3. The fourth-order valence-corrected chi connectivity index (χ4v) is 4.11. The lowest BCUT2D eigenvalue weighted by molar-refractivity contribution is 0.0282. The molecule has 7 nitrogen and oxygen atoms in total. The number of carbonyl (C=O) groups is 1. The van der Waals surface area contributed by atoms with Gasteiger partial charge < -0.3 is 9.64 Å². The minimum Gasteiger partial charge on any atom is -0.381 e. The number of aromatic nitrogens is 3. The van der Waals surface area contributed by atoms with Crippen molar-refractivity contribution >= 4 is 11.6 Å². The van der Waals surface area contributed by atoms with E-state index >= 15 is 0 Å². The molecule has 0 aromatic carbocycles. The van der Waals surface area contributed by atoms with Gasteiger partial charge in [-0.3, -0.25) is 9.69 Å². The molecule has 1 atom stereocenters. The summed E-state index contributed by atoms with van der Waals surface area (Å²) in [5.74, 6) is -0.0626. The Labute approximate surface area is 147 Å². The van der Waals surface area contributed by atoms with Gasteiger partial charge in [-0.25, -0.2) is 9.50 Å². The molecule has 0 aliphatic carbocycles. The van der Waals surface area contributed by atoms with Gasteiger partial charge in [0.2, 0.25) is 0 Å². The highest BCUT2D eigenvalue weighted by Gasteiger charge is 2.34. The monoisotopic (exact) mass is 343 g/mol. The number of hydrogen-bond acceptors (Lipinski definition) is 5. The molecular weight excluding hydrogens is 318 g/mol. The normalized spacial score (nSPS) is 22.6. The third-order valence-electron chi connectivity index (χ3n) is 5.36. The molecule has 25 heavy (non-hydrogen) atoms. The van der Waals surface area contributed by atoms with Crippen molar-refractivity contribution in [1.82, 2.24) is 24.4 Å². The Kier molecular flexibility index (Phi) is 4.43. The molecule has 2 fully saturated rings. The molecule has 4 heterocycles. The predicted molar refractivity (Wildman–Crippen MR) is 93.5 cm³/mol. The SMILES string of the molecule is CN(C)C(=O)c1cnn2c(C3CCCN3C3CCOCC3)ccnc12. The summed E-state index contributed by atoms with van der Waals surface area (Å²) >= 11 is 0. The lowest BCUT2D eigenvalue weighted by Crippen LogP contribution is -2.39. The Morgan fingerprint density at radius 1 is 1.28 bits per heavy atom. The van der Waals surface area contributed by atoms with E-state index in [4.69, 9.17) is 4.74 Å². The average molecular weight is 343 g/mol. The highest BCUT2D eigenvalue weighted by molar-refractivity contribution is 5.99. The number of fused-ring (bicyclic) bond motifs is 1. The molecule has 2 aromatic heterocycles. The van der Waals surface area contributed by atoms with Crippen molar-refractivity contribution in [1.29, 1.82) is 0 Å². The number of nitrogens with zero attached hydrogens (tertiary/aromatic N) is 5. The first kappa shape index (κ1) is 16.5. The number of hydrogen-bond donors (Lipinski definition) is 0. The molecule has 0 spiro atoms. The van der Waals surface area contributed by atoms with Crippen LogP contribution in [0, 0.1) is 0 Å². The zero-order valence-corrected chi connectivity index (χ0v) is 14.9. The van der Waals surface area contributed by atoms with Gasteiger partial charge in [0.1, 0.15) is 5.56 Å². The van der Waals surface area contributed by atoms with Gasteiger partial charge in [0, 0.05) is 39.5 Å². The summed E-state index contributed by atoms with van der Waals surface area (Å²) in [6.45, 7) is 2.82. The fourth-order valence-electron chi connectivity index (χ4n) is 4.11. The van der Waals surface area contributed by atoms with E-state index in [2.05, 4.69) is 15.0 Å². The molecule has 2 aliphatic rings. The number of carbonyl (C=O) groups excluding carboxylic acids is 1. The van der Waals surface area contributed by atoms with Crippen LogP contribution < -0.4 is 0 Å². The van der Waals surface area contributed by atoms with Gasteiger partial charge in [-0.15, -0.1) is 0 Å². The van der Waals surface area contributed by atoms with Gasteiger partial charge in [-0.2, -0.15) is 5.10 Å². The highest BCUT2D eigenvalue weighted by Crippen LogP contribution is 2.36. The molecule has 2 aromatic rings. The molecule has 0 saturated carbocycles. The Bertz CT molecular complexity index is 766. The molecule has 0 N–H and O–H groups in total. The van der Waals surface area contributed by atoms with E-state index in [0.29, 0.717) is 23.3 Å². The van der Waals surface area contributed by atoms with Crippen molar-refractivity contribution in [3.05, 3.63) is 29.7 Å². The molecule has 0 bridgehead atoms. The lowest BCUT2D eigenvalue weighted by Gasteiger charge is -2.35. The van der Waals surface area contributed by atoms with Crippen LogP contribution in [0.25, 0.3) is 5.65 Å². The summed E-state index contributed by atoms with van der Waals surface area (Å²) in [5.41, 5.74) is 2.34. The zero-order valence-electron chi connectivity index (χ0n) is 14.9. The number of amides is 1. The Hall–Kier alpha value is -1.99. The first-order chi connectivity index (χ1) is 12.2. The number of rotatable bonds is 3. The third kappa shape index (κ3) is 2.91. The summed E-state index contributed by atoms with van der Waals surface area (Å²) in [6.07, 6.45) is 7.94. The Morgan fingerprint density at radius 3 is 2.84 bits per heavy atom. The average Bonchev–Trinajstić information content (AvgIpc) is 3.28. The first-order valence-electron chi connectivity index (χ1n) is 9.04. The summed E-state index contributed by atoms with van der Waals surface area (Å²) in [6, 6.07) is 2.95. The van der Waals surface area contributed by atoms with Crippen LogP contribution in [0.5, 0.6) is 0 Å². The second-order valence-corrected chi connectivity index (χ2v) is 7.10. The first-order valence-corrected chi connectivity index (χ1v) is 9.04.